The summed E-state index contributed by atoms with van der Waals surface area (Å²) in [6.45, 7) is 2.21. The Morgan fingerprint density at radius 2 is 1.28 bits per heavy atom. The molecule has 0 aromatic heterocycles. The van der Waals surface area contributed by atoms with E-state index in [2.05, 4.69) is 11.7 Å². The SMILES string of the molecule is CCCCCC1CCC(C2CCC(c3cc(F)c(C(F)(F)Oc4ccc(-c5cc(F)c(C(F)F)c(F)c5)c(F)c4)c(F)c3)CC2)CC1. The Bertz CT molecular complexity index is 1480. The Balaban J connectivity index is 1.22. The second kappa shape index (κ2) is 14.9. The molecule has 3 aromatic rings. The highest BCUT2D eigenvalue weighted by molar-refractivity contribution is 5.66. The summed E-state index contributed by atoms with van der Waals surface area (Å²) in [6.07, 6.45) is 5.38. The number of benzene rings is 3. The summed E-state index contributed by atoms with van der Waals surface area (Å²) in [5, 5.41) is 0. The summed E-state index contributed by atoms with van der Waals surface area (Å²) in [4.78, 5) is 0. The van der Waals surface area contributed by atoms with Crippen LogP contribution in [0.3, 0.4) is 0 Å². The first-order valence-corrected chi connectivity index (χ1v) is 16.5. The van der Waals surface area contributed by atoms with E-state index in [1.165, 1.54) is 51.4 Å². The second-order valence-electron chi connectivity index (χ2n) is 13.2. The van der Waals surface area contributed by atoms with Crippen LogP contribution in [0.1, 0.15) is 113 Å². The number of hydrogen-bond acceptors (Lipinski definition) is 1. The van der Waals surface area contributed by atoms with E-state index in [0.717, 1.165) is 55.9 Å². The minimum Gasteiger partial charge on any atom is -0.429 e. The fourth-order valence-electron chi connectivity index (χ4n) is 7.60. The van der Waals surface area contributed by atoms with Crippen LogP contribution in [0.4, 0.5) is 39.5 Å². The Hall–Kier alpha value is -3.17. The predicted octanol–water partition coefficient (Wildman–Crippen LogP) is 12.8. The first kappa shape index (κ1) is 35.1. The van der Waals surface area contributed by atoms with E-state index >= 15 is 17.6 Å². The van der Waals surface area contributed by atoms with Gasteiger partial charge >= 0.3 is 6.11 Å². The van der Waals surface area contributed by atoms with Crippen LogP contribution in [-0.4, -0.2) is 0 Å². The van der Waals surface area contributed by atoms with E-state index in [0.29, 0.717) is 35.6 Å². The molecule has 1 nitrogen and oxygen atoms in total. The summed E-state index contributed by atoms with van der Waals surface area (Å²) >= 11 is 0. The van der Waals surface area contributed by atoms with Crippen LogP contribution in [-0.2, 0) is 6.11 Å². The highest BCUT2D eigenvalue weighted by atomic mass is 19.3. The maximum atomic E-state index is 15.1. The van der Waals surface area contributed by atoms with E-state index in [1.54, 1.807) is 0 Å². The molecule has 2 saturated carbocycles. The topological polar surface area (TPSA) is 9.23 Å². The van der Waals surface area contributed by atoms with Gasteiger partial charge in [0, 0.05) is 11.6 Å². The first-order valence-electron chi connectivity index (χ1n) is 16.5. The number of unbranched alkanes of at least 4 members (excludes halogenated alkanes) is 2. The number of alkyl halides is 4. The molecule has 0 heterocycles. The molecule has 2 fully saturated rings. The lowest BCUT2D eigenvalue weighted by atomic mass is 9.68. The highest BCUT2D eigenvalue weighted by Crippen LogP contribution is 2.46. The van der Waals surface area contributed by atoms with Crippen LogP contribution >= 0.6 is 0 Å². The van der Waals surface area contributed by atoms with Crippen LogP contribution in [0, 0.1) is 46.8 Å². The lowest BCUT2D eigenvalue weighted by Gasteiger charge is -2.38. The smallest absolute Gasteiger partial charge is 0.429 e. The van der Waals surface area contributed by atoms with E-state index in [4.69, 9.17) is 0 Å². The summed E-state index contributed by atoms with van der Waals surface area (Å²) in [7, 11) is 0. The lowest BCUT2D eigenvalue weighted by molar-refractivity contribution is -0.189. The molecule has 0 unspecified atom stereocenters. The monoisotopic (exact) mass is 670 g/mol. The quantitative estimate of drug-likeness (QED) is 0.146. The third-order valence-electron chi connectivity index (χ3n) is 10.2. The molecule has 0 spiro atoms. The molecule has 2 aliphatic carbocycles. The van der Waals surface area contributed by atoms with Crippen LogP contribution in [0.25, 0.3) is 11.1 Å². The van der Waals surface area contributed by atoms with Crippen molar-refractivity contribution in [2.24, 2.45) is 17.8 Å². The molecule has 10 heteroatoms. The number of hydrogen-bond donors (Lipinski definition) is 0. The van der Waals surface area contributed by atoms with Gasteiger partial charge in [0.2, 0.25) is 0 Å². The summed E-state index contributed by atoms with van der Waals surface area (Å²) in [5.41, 5.74) is -3.76. The van der Waals surface area contributed by atoms with Gasteiger partial charge in [0.25, 0.3) is 6.43 Å². The molecule has 0 aliphatic heterocycles. The van der Waals surface area contributed by atoms with Crippen molar-refractivity contribution < 1.29 is 44.3 Å². The average Bonchev–Trinajstić information content (AvgIpc) is 3.00. The summed E-state index contributed by atoms with van der Waals surface area (Å²) in [6, 6.07) is 4.89. The Morgan fingerprint density at radius 3 is 1.81 bits per heavy atom. The molecule has 3 aromatic carbocycles. The zero-order chi connectivity index (χ0) is 33.9. The summed E-state index contributed by atoms with van der Waals surface area (Å²) in [5.74, 6) is -6.42. The van der Waals surface area contributed by atoms with Gasteiger partial charge in [0.1, 0.15) is 40.4 Å². The van der Waals surface area contributed by atoms with Crippen LogP contribution in [0.5, 0.6) is 5.75 Å². The minimum atomic E-state index is -4.54. The average molecular weight is 671 g/mol. The lowest BCUT2D eigenvalue weighted by Crippen LogP contribution is -2.27. The molecular weight excluding hydrogens is 631 g/mol. The molecule has 0 N–H and O–H groups in total. The van der Waals surface area contributed by atoms with Crippen LogP contribution < -0.4 is 4.74 Å². The van der Waals surface area contributed by atoms with Crippen molar-refractivity contribution in [1.29, 1.82) is 0 Å². The molecule has 0 bridgehead atoms. The van der Waals surface area contributed by atoms with Crippen molar-refractivity contribution in [3.63, 3.8) is 0 Å². The Morgan fingerprint density at radius 1 is 0.702 bits per heavy atom. The predicted molar refractivity (Wildman–Crippen MR) is 162 cm³/mol. The van der Waals surface area contributed by atoms with Gasteiger partial charge in [-0.1, -0.05) is 45.4 Å². The van der Waals surface area contributed by atoms with Crippen molar-refractivity contribution >= 4 is 0 Å². The zero-order valence-corrected chi connectivity index (χ0v) is 26.2. The normalized spacial score (nSPS) is 22.1. The van der Waals surface area contributed by atoms with Crippen molar-refractivity contribution in [2.45, 2.75) is 102 Å². The van der Waals surface area contributed by atoms with Gasteiger partial charge in [-0.2, -0.15) is 8.78 Å². The van der Waals surface area contributed by atoms with E-state index < -0.39 is 69.6 Å². The maximum absolute atomic E-state index is 15.1. The van der Waals surface area contributed by atoms with Crippen molar-refractivity contribution in [2.75, 3.05) is 0 Å². The van der Waals surface area contributed by atoms with Gasteiger partial charge in [-0.25, -0.2) is 30.7 Å². The van der Waals surface area contributed by atoms with E-state index in [-0.39, 0.29) is 5.92 Å². The highest BCUT2D eigenvalue weighted by Gasteiger charge is 2.42. The molecule has 47 heavy (non-hydrogen) atoms. The molecule has 0 saturated heterocycles. The number of halogens is 9. The maximum Gasteiger partial charge on any atom is 0.432 e. The molecule has 5 rings (SSSR count). The summed E-state index contributed by atoms with van der Waals surface area (Å²) < 4.78 is 133. The Labute approximate surface area is 269 Å². The second-order valence-corrected chi connectivity index (χ2v) is 13.2. The molecule has 0 radical (unpaired) electrons. The van der Waals surface area contributed by atoms with Crippen molar-refractivity contribution in [1.82, 2.24) is 0 Å². The van der Waals surface area contributed by atoms with Crippen molar-refractivity contribution in [3.8, 4) is 16.9 Å². The third kappa shape index (κ3) is 8.11. The third-order valence-corrected chi connectivity index (χ3v) is 10.2. The van der Waals surface area contributed by atoms with Gasteiger partial charge in [0.15, 0.2) is 0 Å². The molecule has 0 amide bonds. The van der Waals surface area contributed by atoms with E-state index in [1.807, 2.05) is 0 Å². The Kier molecular flexibility index (Phi) is 11.2. The van der Waals surface area contributed by atoms with Gasteiger partial charge in [-0.3, -0.25) is 0 Å². The fourth-order valence-corrected chi connectivity index (χ4v) is 7.60. The number of ether oxygens (including phenoxy) is 1. The molecule has 256 valence electrons. The number of rotatable bonds is 11. The van der Waals surface area contributed by atoms with Gasteiger partial charge in [-0.05, 0) is 110 Å². The van der Waals surface area contributed by atoms with Crippen molar-refractivity contribution in [3.05, 3.63) is 88.2 Å². The first-order chi connectivity index (χ1) is 22.4. The molecular formula is C37H39F9O. The van der Waals surface area contributed by atoms with Crippen LogP contribution in [0.2, 0.25) is 0 Å². The van der Waals surface area contributed by atoms with Gasteiger partial charge in [0.05, 0.1) is 5.56 Å². The fraction of sp³-hybridized carbons (Fsp3) is 0.514. The zero-order valence-electron chi connectivity index (χ0n) is 26.2. The minimum absolute atomic E-state index is 0.157. The van der Waals surface area contributed by atoms with E-state index in [9.17, 15) is 22.0 Å². The van der Waals surface area contributed by atoms with Gasteiger partial charge in [-0.15, -0.1) is 0 Å². The van der Waals surface area contributed by atoms with Gasteiger partial charge < -0.3 is 4.74 Å². The standard InChI is InChI=1S/C37H39F9O/c1-2-3-4-5-21-6-8-22(9-7-21)23-10-12-24(13-11-23)25-16-32(41)35(33(42)17-25)37(45,46)47-27-14-15-28(29(38)20-27)26-18-30(39)34(36(43)44)31(40)19-26/h14-24,36H,2-13H2,1H3. The largest absolute Gasteiger partial charge is 0.432 e. The molecule has 0 atom stereocenters. The molecule has 2 aliphatic rings. The van der Waals surface area contributed by atoms with Crippen LogP contribution in [0.15, 0.2) is 42.5 Å².